The van der Waals surface area contributed by atoms with Crippen molar-refractivity contribution >= 4 is 12.4 Å². The summed E-state index contributed by atoms with van der Waals surface area (Å²) in [6.45, 7) is 13.0. The Hall–Kier alpha value is -1.06. The SMILES string of the molecule is C=NCC(=NCC1(CCC)CCC(C(=C)CC)C1)C(C)(F)F. The van der Waals surface area contributed by atoms with E-state index in [1.54, 1.807) is 0 Å². The second-order valence-corrected chi connectivity index (χ2v) is 6.73. The van der Waals surface area contributed by atoms with Crippen LogP contribution in [-0.4, -0.2) is 31.4 Å². The summed E-state index contributed by atoms with van der Waals surface area (Å²) in [7, 11) is 0. The monoisotopic (exact) mass is 312 g/mol. The molecule has 0 N–H and O–H groups in total. The molecule has 2 nitrogen and oxygen atoms in total. The lowest BCUT2D eigenvalue weighted by atomic mass is 9.80. The fraction of sp³-hybridized carbons (Fsp3) is 0.778. The third-order valence-electron chi connectivity index (χ3n) is 4.89. The van der Waals surface area contributed by atoms with Crippen molar-refractivity contribution in [3.63, 3.8) is 0 Å². The molecule has 0 aromatic heterocycles. The number of allylic oxidation sites excluding steroid dienone is 1. The molecule has 1 rings (SSSR count). The van der Waals surface area contributed by atoms with E-state index in [9.17, 15) is 8.78 Å². The summed E-state index contributed by atoms with van der Waals surface area (Å²) in [6, 6.07) is 0. The zero-order chi connectivity index (χ0) is 16.8. The molecule has 1 fully saturated rings. The quantitative estimate of drug-likeness (QED) is 0.406. The van der Waals surface area contributed by atoms with E-state index in [-0.39, 0.29) is 17.7 Å². The van der Waals surface area contributed by atoms with Gasteiger partial charge in [0.05, 0.1) is 6.54 Å². The first-order valence-corrected chi connectivity index (χ1v) is 8.29. The zero-order valence-electron chi connectivity index (χ0n) is 14.3. The van der Waals surface area contributed by atoms with Gasteiger partial charge < -0.3 is 0 Å². The minimum atomic E-state index is -2.92. The number of alkyl halides is 2. The Bertz CT molecular complexity index is 423. The molecule has 4 heteroatoms. The Kier molecular flexibility index (Phi) is 6.89. The Balaban J connectivity index is 2.88. The first-order valence-electron chi connectivity index (χ1n) is 8.29. The molecule has 2 atom stereocenters. The molecule has 2 unspecified atom stereocenters. The van der Waals surface area contributed by atoms with E-state index in [4.69, 9.17) is 0 Å². The Labute approximate surface area is 133 Å². The molecular weight excluding hydrogens is 282 g/mol. The predicted molar refractivity (Wildman–Crippen MR) is 91.5 cm³/mol. The van der Waals surface area contributed by atoms with Crippen LogP contribution in [0.25, 0.3) is 0 Å². The van der Waals surface area contributed by atoms with Crippen LogP contribution in [0.2, 0.25) is 0 Å². The van der Waals surface area contributed by atoms with Gasteiger partial charge in [0.1, 0.15) is 5.71 Å². The van der Waals surface area contributed by atoms with Gasteiger partial charge in [-0.05, 0) is 50.2 Å². The summed E-state index contributed by atoms with van der Waals surface area (Å²) in [5, 5.41) is 0. The molecular formula is C18H30F2N2. The molecule has 0 spiro atoms. The molecule has 22 heavy (non-hydrogen) atoms. The highest BCUT2D eigenvalue weighted by atomic mass is 19.3. The van der Waals surface area contributed by atoms with Crippen molar-refractivity contribution in [2.24, 2.45) is 21.3 Å². The lowest BCUT2D eigenvalue weighted by Gasteiger charge is -2.28. The number of rotatable bonds is 9. The molecule has 0 aromatic rings. The van der Waals surface area contributed by atoms with Gasteiger partial charge in [-0.2, -0.15) is 0 Å². The van der Waals surface area contributed by atoms with Crippen LogP contribution >= 0.6 is 0 Å². The van der Waals surface area contributed by atoms with Crippen LogP contribution in [0.4, 0.5) is 8.78 Å². The van der Waals surface area contributed by atoms with Gasteiger partial charge in [0.15, 0.2) is 0 Å². The van der Waals surface area contributed by atoms with Gasteiger partial charge in [-0.1, -0.05) is 32.4 Å². The number of aliphatic imine (C=N–C) groups is 2. The number of halogens is 2. The molecule has 0 saturated heterocycles. The molecule has 1 aliphatic carbocycles. The number of nitrogens with zero attached hydrogens (tertiary/aromatic N) is 2. The highest BCUT2D eigenvalue weighted by Gasteiger charge is 2.39. The van der Waals surface area contributed by atoms with Crippen LogP contribution in [-0.2, 0) is 0 Å². The summed E-state index contributed by atoms with van der Waals surface area (Å²) in [4.78, 5) is 7.88. The second-order valence-electron chi connectivity index (χ2n) is 6.73. The zero-order valence-corrected chi connectivity index (χ0v) is 14.3. The van der Waals surface area contributed by atoms with Crippen LogP contribution in [0.15, 0.2) is 22.1 Å². The summed E-state index contributed by atoms with van der Waals surface area (Å²) < 4.78 is 27.2. The van der Waals surface area contributed by atoms with E-state index in [1.165, 1.54) is 5.57 Å². The molecule has 0 aliphatic heterocycles. The van der Waals surface area contributed by atoms with Gasteiger partial charge in [-0.3, -0.25) is 9.98 Å². The van der Waals surface area contributed by atoms with Gasteiger partial charge in [-0.25, -0.2) is 8.78 Å². The maximum absolute atomic E-state index is 13.6. The molecule has 0 radical (unpaired) electrons. The van der Waals surface area contributed by atoms with Gasteiger partial charge >= 0.3 is 0 Å². The Morgan fingerprint density at radius 1 is 1.36 bits per heavy atom. The van der Waals surface area contributed by atoms with Crippen LogP contribution in [0.1, 0.15) is 59.3 Å². The fourth-order valence-electron chi connectivity index (χ4n) is 3.52. The van der Waals surface area contributed by atoms with Crippen LogP contribution in [0, 0.1) is 11.3 Å². The molecule has 0 bridgehead atoms. The normalized spacial score (nSPS) is 26.2. The molecule has 0 amide bonds. The summed E-state index contributed by atoms with van der Waals surface area (Å²) in [6.07, 6.45) is 6.28. The lowest BCUT2D eigenvalue weighted by molar-refractivity contribution is 0.0982. The van der Waals surface area contributed by atoms with E-state index in [0.29, 0.717) is 12.5 Å². The molecule has 1 aliphatic rings. The van der Waals surface area contributed by atoms with Gasteiger partial charge in [0.25, 0.3) is 5.92 Å². The average molecular weight is 312 g/mol. The van der Waals surface area contributed by atoms with Gasteiger partial charge in [0, 0.05) is 13.5 Å². The maximum atomic E-state index is 13.6. The first-order chi connectivity index (χ1) is 10.3. The van der Waals surface area contributed by atoms with Crippen LogP contribution < -0.4 is 0 Å². The standard InChI is InChI=1S/C18H30F2N2/c1-6-9-18(10-8-15(11-18)14(3)7-2)13-22-16(12-21-5)17(4,19)20/h15H,3,5-13H2,1-2,4H3. The third kappa shape index (κ3) is 4.99. The number of hydrogen-bond donors (Lipinski definition) is 0. The maximum Gasteiger partial charge on any atom is 0.284 e. The Morgan fingerprint density at radius 3 is 2.55 bits per heavy atom. The topological polar surface area (TPSA) is 24.7 Å². The smallest absolute Gasteiger partial charge is 0.284 e. The van der Waals surface area contributed by atoms with Crippen molar-refractivity contribution in [1.82, 2.24) is 0 Å². The van der Waals surface area contributed by atoms with Crippen molar-refractivity contribution in [1.29, 1.82) is 0 Å². The van der Waals surface area contributed by atoms with Crippen molar-refractivity contribution in [2.45, 2.75) is 65.2 Å². The van der Waals surface area contributed by atoms with E-state index < -0.39 is 5.92 Å². The molecule has 0 heterocycles. The third-order valence-corrected chi connectivity index (χ3v) is 4.89. The minimum Gasteiger partial charge on any atom is -0.295 e. The second kappa shape index (κ2) is 7.98. The molecule has 1 saturated carbocycles. The van der Waals surface area contributed by atoms with Gasteiger partial charge in [-0.15, -0.1) is 0 Å². The molecule has 126 valence electrons. The van der Waals surface area contributed by atoms with Crippen molar-refractivity contribution in [2.75, 3.05) is 13.1 Å². The highest BCUT2D eigenvalue weighted by Crippen LogP contribution is 2.48. The van der Waals surface area contributed by atoms with Crippen LogP contribution in [0.5, 0.6) is 0 Å². The summed E-state index contributed by atoms with van der Waals surface area (Å²) in [5.41, 5.74) is 1.20. The predicted octanol–water partition coefficient (Wildman–Crippen LogP) is 5.34. The number of hydrogen-bond acceptors (Lipinski definition) is 2. The summed E-state index contributed by atoms with van der Waals surface area (Å²) >= 11 is 0. The summed E-state index contributed by atoms with van der Waals surface area (Å²) in [5.74, 6) is -2.39. The van der Waals surface area contributed by atoms with Crippen molar-refractivity contribution in [3.8, 4) is 0 Å². The van der Waals surface area contributed by atoms with Crippen molar-refractivity contribution in [3.05, 3.63) is 12.2 Å². The minimum absolute atomic E-state index is 0.0508. The average Bonchev–Trinajstić information content (AvgIpc) is 2.86. The van der Waals surface area contributed by atoms with Gasteiger partial charge in [0.2, 0.25) is 0 Å². The van der Waals surface area contributed by atoms with E-state index in [1.807, 2.05) is 0 Å². The Morgan fingerprint density at radius 2 is 2.05 bits per heavy atom. The first kappa shape index (κ1) is 19.0. The lowest BCUT2D eigenvalue weighted by Crippen LogP contribution is -2.30. The van der Waals surface area contributed by atoms with Crippen LogP contribution in [0.3, 0.4) is 0 Å². The van der Waals surface area contributed by atoms with Crippen molar-refractivity contribution < 1.29 is 8.78 Å². The van der Waals surface area contributed by atoms with E-state index in [2.05, 4.69) is 37.1 Å². The largest absolute Gasteiger partial charge is 0.295 e. The fourth-order valence-corrected chi connectivity index (χ4v) is 3.52. The van der Waals surface area contributed by atoms with E-state index in [0.717, 1.165) is 45.4 Å². The molecule has 0 aromatic carbocycles. The van der Waals surface area contributed by atoms with E-state index >= 15 is 0 Å². The highest BCUT2D eigenvalue weighted by molar-refractivity contribution is 5.92.